The van der Waals surface area contributed by atoms with Gasteiger partial charge >= 0.3 is 0 Å². The van der Waals surface area contributed by atoms with Crippen LogP contribution in [0.5, 0.6) is 0 Å². The molecule has 3 aromatic rings. The smallest absolute Gasteiger partial charge is 0.250 e. The molecule has 0 unspecified atom stereocenters. The van der Waals surface area contributed by atoms with Crippen molar-refractivity contribution in [1.82, 2.24) is 5.43 Å². The largest absolute Gasteiger partial charge is 0.455 e. The molecule has 3 rings (SSSR count). The van der Waals surface area contributed by atoms with Gasteiger partial charge in [0.25, 0.3) is 0 Å². The lowest BCUT2D eigenvalue weighted by Crippen LogP contribution is -2.19. The molecular weight excluding hydrogens is 439 g/mol. The SMILES string of the molecule is O=C(CSCc1ccccc1Cl)N/N=C\c1ccc(-c2ccc(Cl)cc2Cl)o1. The minimum Gasteiger partial charge on any atom is -0.455 e. The number of hydrogen-bond acceptors (Lipinski definition) is 4. The number of nitrogens with zero attached hydrogens (tertiary/aromatic N) is 1. The fraction of sp³-hybridized carbons (Fsp3) is 0.100. The van der Waals surface area contributed by atoms with Gasteiger partial charge in [0.05, 0.1) is 17.0 Å². The number of hydrogen-bond donors (Lipinski definition) is 1. The second kappa shape index (κ2) is 10.0. The van der Waals surface area contributed by atoms with Gasteiger partial charge in [-0.05, 0) is 42.0 Å². The summed E-state index contributed by atoms with van der Waals surface area (Å²) in [6.45, 7) is 0. The van der Waals surface area contributed by atoms with Crippen molar-refractivity contribution in [1.29, 1.82) is 0 Å². The van der Waals surface area contributed by atoms with Gasteiger partial charge in [0, 0.05) is 21.4 Å². The first-order valence-corrected chi connectivity index (χ1v) is 10.5. The molecule has 0 fully saturated rings. The lowest BCUT2D eigenvalue weighted by molar-refractivity contribution is -0.118. The Hall–Kier alpha value is -1.92. The molecule has 0 spiro atoms. The summed E-state index contributed by atoms with van der Waals surface area (Å²) in [6.07, 6.45) is 1.43. The third kappa shape index (κ3) is 5.79. The predicted molar refractivity (Wildman–Crippen MR) is 118 cm³/mol. The molecule has 0 atom stereocenters. The topological polar surface area (TPSA) is 54.6 Å². The number of carbonyl (C=O) groups excluding carboxylic acids is 1. The summed E-state index contributed by atoms with van der Waals surface area (Å²) in [6, 6.07) is 16.2. The number of rotatable bonds is 7. The molecule has 1 heterocycles. The van der Waals surface area contributed by atoms with Gasteiger partial charge in [-0.3, -0.25) is 4.79 Å². The van der Waals surface area contributed by atoms with Crippen molar-refractivity contribution in [3.63, 3.8) is 0 Å². The molecule has 0 radical (unpaired) electrons. The van der Waals surface area contributed by atoms with Crippen LogP contribution in [0, 0.1) is 0 Å². The molecule has 0 bridgehead atoms. The van der Waals surface area contributed by atoms with Gasteiger partial charge < -0.3 is 4.42 Å². The highest BCUT2D eigenvalue weighted by molar-refractivity contribution is 7.99. The molecule has 28 heavy (non-hydrogen) atoms. The van der Waals surface area contributed by atoms with E-state index in [0.717, 1.165) is 11.1 Å². The summed E-state index contributed by atoms with van der Waals surface area (Å²) in [5, 5.41) is 5.66. The van der Waals surface area contributed by atoms with E-state index in [9.17, 15) is 4.79 Å². The summed E-state index contributed by atoms with van der Waals surface area (Å²) in [4.78, 5) is 11.9. The van der Waals surface area contributed by atoms with Crippen molar-refractivity contribution in [3.8, 4) is 11.3 Å². The minimum absolute atomic E-state index is 0.208. The van der Waals surface area contributed by atoms with Gasteiger partial charge in [-0.2, -0.15) is 5.10 Å². The van der Waals surface area contributed by atoms with Crippen molar-refractivity contribution >= 4 is 58.7 Å². The Morgan fingerprint density at radius 2 is 1.89 bits per heavy atom. The molecular formula is C20H15Cl3N2O2S. The fourth-order valence-electron chi connectivity index (χ4n) is 2.33. The molecule has 8 heteroatoms. The summed E-state index contributed by atoms with van der Waals surface area (Å²) >= 11 is 19.6. The zero-order valence-corrected chi connectivity index (χ0v) is 17.6. The quantitative estimate of drug-likeness (QED) is 0.338. The van der Waals surface area contributed by atoms with Crippen LogP contribution in [0.4, 0.5) is 0 Å². The van der Waals surface area contributed by atoms with Gasteiger partial charge in [-0.15, -0.1) is 11.8 Å². The van der Waals surface area contributed by atoms with E-state index < -0.39 is 0 Å². The van der Waals surface area contributed by atoms with Crippen LogP contribution in [-0.2, 0) is 10.5 Å². The molecule has 0 saturated heterocycles. The second-order valence-electron chi connectivity index (χ2n) is 5.70. The number of furan rings is 1. The number of thioether (sulfide) groups is 1. The van der Waals surface area contributed by atoms with E-state index in [1.165, 1.54) is 18.0 Å². The van der Waals surface area contributed by atoms with Crippen LogP contribution in [0.1, 0.15) is 11.3 Å². The first kappa shape index (κ1) is 20.8. The Bertz CT molecular complexity index is 1000. The van der Waals surface area contributed by atoms with E-state index >= 15 is 0 Å². The van der Waals surface area contributed by atoms with E-state index in [-0.39, 0.29) is 11.7 Å². The fourth-order valence-corrected chi connectivity index (χ4v) is 3.93. The van der Waals surface area contributed by atoms with Crippen molar-refractivity contribution in [2.75, 3.05) is 5.75 Å². The molecule has 1 aromatic heterocycles. The van der Waals surface area contributed by atoms with Crippen LogP contribution in [0.3, 0.4) is 0 Å². The number of amides is 1. The van der Waals surface area contributed by atoms with Crippen molar-refractivity contribution in [2.24, 2.45) is 5.10 Å². The number of halogens is 3. The molecule has 0 saturated carbocycles. The Morgan fingerprint density at radius 3 is 2.68 bits per heavy atom. The van der Waals surface area contributed by atoms with Gasteiger partial charge in [0.15, 0.2) is 0 Å². The third-order valence-corrected chi connectivity index (χ3v) is 5.55. The molecule has 4 nitrogen and oxygen atoms in total. The maximum Gasteiger partial charge on any atom is 0.250 e. The van der Waals surface area contributed by atoms with E-state index in [0.29, 0.717) is 32.3 Å². The van der Waals surface area contributed by atoms with Crippen LogP contribution in [-0.4, -0.2) is 17.9 Å². The number of hydrazone groups is 1. The predicted octanol–water partition coefficient (Wildman–Crippen LogP) is 6.29. The second-order valence-corrected chi connectivity index (χ2v) is 7.94. The zero-order valence-electron chi connectivity index (χ0n) is 14.5. The molecule has 2 aromatic carbocycles. The van der Waals surface area contributed by atoms with Gasteiger partial charge in [-0.25, -0.2) is 5.43 Å². The van der Waals surface area contributed by atoms with Gasteiger partial charge in [0.1, 0.15) is 11.5 Å². The summed E-state index contributed by atoms with van der Waals surface area (Å²) < 4.78 is 5.68. The van der Waals surface area contributed by atoms with Crippen molar-refractivity contribution in [3.05, 3.63) is 81.0 Å². The highest BCUT2D eigenvalue weighted by atomic mass is 35.5. The standard InChI is InChI=1S/C20H15Cl3N2O2S/c21-14-5-7-16(18(23)9-14)19-8-6-15(27-19)10-24-25-20(26)12-28-11-13-3-1-2-4-17(13)22/h1-10H,11-12H2,(H,25,26)/b24-10-. The normalized spacial score (nSPS) is 11.1. The minimum atomic E-state index is -0.208. The first-order valence-electron chi connectivity index (χ1n) is 8.21. The van der Waals surface area contributed by atoms with Crippen molar-refractivity contribution < 1.29 is 9.21 Å². The molecule has 1 amide bonds. The Labute approximate surface area is 181 Å². The molecule has 0 aliphatic carbocycles. The lowest BCUT2D eigenvalue weighted by atomic mass is 10.2. The van der Waals surface area contributed by atoms with E-state index in [2.05, 4.69) is 10.5 Å². The van der Waals surface area contributed by atoms with Gasteiger partial charge in [0.2, 0.25) is 5.91 Å². The highest BCUT2D eigenvalue weighted by Gasteiger charge is 2.09. The van der Waals surface area contributed by atoms with E-state index in [4.69, 9.17) is 39.2 Å². The summed E-state index contributed by atoms with van der Waals surface area (Å²) in [5.74, 6) is 1.79. The number of carbonyl (C=O) groups is 1. The van der Waals surface area contributed by atoms with Crippen LogP contribution < -0.4 is 5.43 Å². The van der Waals surface area contributed by atoms with E-state index in [1.807, 2.05) is 24.3 Å². The average molecular weight is 454 g/mol. The lowest BCUT2D eigenvalue weighted by Gasteiger charge is -2.03. The summed E-state index contributed by atoms with van der Waals surface area (Å²) in [5.41, 5.74) is 4.20. The monoisotopic (exact) mass is 452 g/mol. The van der Waals surface area contributed by atoms with Crippen molar-refractivity contribution in [2.45, 2.75) is 5.75 Å². The maximum absolute atomic E-state index is 11.9. The Balaban J connectivity index is 1.49. The first-order chi connectivity index (χ1) is 13.5. The van der Waals surface area contributed by atoms with Crippen LogP contribution in [0.15, 0.2) is 64.1 Å². The maximum atomic E-state index is 11.9. The van der Waals surface area contributed by atoms with Crippen LogP contribution >= 0.6 is 46.6 Å². The van der Waals surface area contributed by atoms with E-state index in [1.54, 1.807) is 30.3 Å². The highest BCUT2D eigenvalue weighted by Crippen LogP contribution is 2.31. The van der Waals surface area contributed by atoms with Crippen LogP contribution in [0.25, 0.3) is 11.3 Å². The number of benzene rings is 2. The zero-order chi connectivity index (χ0) is 19.9. The molecule has 144 valence electrons. The number of nitrogens with one attached hydrogen (secondary N) is 1. The summed E-state index contributed by atoms with van der Waals surface area (Å²) in [7, 11) is 0. The Kier molecular flexibility index (Phi) is 7.45. The third-order valence-electron chi connectivity index (χ3n) is 3.65. The Morgan fingerprint density at radius 1 is 1.07 bits per heavy atom. The van der Waals surface area contributed by atoms with Gasteiger partial charge in [-0.1, -0.05) is 53.0 Å². The van der Waals surface area contributed by atoms with Crippen LogP contribution in [0.2, 0.25) is 15.1 Å². The average Bonchev–Trinajstić information content (AvgIpc) is 3.12. The molecule has 0 aliphatic rings. The molecule has 1 N–H and O–H groups in total. The molecule has 0 aliphatic heterocycles.